The molecular weight excluding hydrogens is 427 g/mol. The van der Waals surface area contributed by atoms with Gasteiger partial charge in [0.15, 0.2) is 0 Å². The number of amides is 1. The molecule has 1 spiro atoms. The molecule has 168 valence electrons. The summed E-state index contributed by atoms with van der Waals surface area (Å²) in [7, 11) is 0. The molecule has 1 unspecified atom stereocenters. The molecule has 8 nitrogen and oxygen atoms in total. The molecule has 0 saturated carbocycles. The summed E-state index contributed by atoms with van der Waals surface area (Å²) in [4.78, 5) is 34.6. The minimum atomic E-state index is -5.08. The molecule has 2 aromatic heterocycles. The maximum absolute atomic E-state index is 13.2. The normalized spacial score (nSPS) is 20.5. The number of carbonyl (C=O) groups excluding carboxylic acids is 1. The summed E-state index contributed by atoms with van der Waals surface area (Å²) in [6.45, 7) is 2.31. The Hall–Kier alpha value is -3.68. The zero-order valence-electron chi connectivity index (χ0n) is 16.9. The van der Waals surface area contributed by atoms with Crippen molar-refractivity contribution in [3.8, 4) is 6.07 Å². The van der Waals surface area contributed by atoms with Gasteiger partial charge in [-0.15, -0.1) is 0 Å². The minimum Gasteiger partial charge on any atom is -0.475 e. The second kappa shape index (κ2) is 9.21. The Balaban J connectivity index is 0.000000360. The molecule has 32 heavy (non-hydrogen) atoms. The van der Waals surface area contributed by atoms with Crippen molar-refractivity contribution in [2.75, 3.05) is 29.4 Å². The molecule has 0 aromatic carbocycles. The third-order valence-corrected chi connectivity index (χ3v) is 5.49. The highest BCUT2D eigenvalue weighted by molar-refractivity contribution is 6.00. The second-order valence-electron chi connectivity index (χ2n) is 7.54. The van der Waals surface area contributed by atoms with Gasteiger partial charge in [0.2, 0.25) is 5.91 Å². The summed E-state index contributed by atoms with van der Waals surface area (Å²) in [5, 5.41) is 16.0. The summed E-state index contributed by atoms with van der Waals surface area (Å²) in [5.41, 5.74) is 1.08. The molecule has 2 fully saturated rings. The number of aliphatic carboxylic acids is 1. The van der Waals surface area contributed by atoms with Crippen molar-refractivity contribution in [1.29, 1.82) is 5.26 Å². The predicted octanol–water partition coefficient (Wildman–Crippen LogP) is 3.01. The van der Waals surface area contributed by atoms with E-state index in [0.717, 1.165) is 43.9 Å². The summed E-state index contributed by atoms with van der Waals surface area (Å²) in [6.07, 6.45) is 2.71. The number of alkyl halides is 3. The van der Waals surface area contributed by atoms with E-state index in [-0.39, 0.29) is 11.3 Å². The summed E-state index contributed by atoms with van der Waals surface area (Å²) >= 11 is 0. The van der Waals surface area contributed by atoms with E-state index in [1.807, 2.05) is 23.1 Å². The summed E-state index contributed by atoms with van der Waals surface area (Å²) < 4.78 is 31.7. The second-order valence-corrected chi connectivity index (χ2v) is 7.54. The van der Waals surface area contributed by atoms with Gasteiger partial charge < -0.3 is 14.9 Å². The van der Waals surface area contributed by atoms with Gasteiger partial charge in [-0.25, -0.2) is 9.78 Å². The predicted molar refractivity (Wildman–Crippen MR) is 108 cm³/mol. The molecule has 2 aliphatic rings. The third kappa shape index (κ3) is 4.96. The SMILES string of the molecule is N#Cc1ccc(N2CCCC3(CCN(c4cccnc4)C3=O)C2)nc1.O=C(O)C(F)(F)F. The van der Waals surface area contributed by atoms with Crippen LogP contribution < -0.4 is 9.80 Å². The molecule has 2 aromatic rings. The van der Waals surface area contributed by atoms with Gasteiger partial charge in [0.05, 0.1) is 22.9 Å². The average molecular weight is 447 g/mol. The zero-order chi connectivity index (χ0) is 23.4. The highest BCUT2D eigenvalue weighted by Gasteiger charge is 2.49. The van der Waals surface area contributed by atoms with Gasteiger partial charge in [-0.05, 0) is 43.5 Å². The number of hydrogen-bond acceptors (Lipinski definition) is 6. The first-order chi connectivity index (χ1) is 15.2. The number of carboxylic acid groups (broad SMARTS) is 1. The van der Waals surface area contributed by atoms with Crippen molar-refractivity contribution < 1.29 is 27.9 Å². The van der Waals surface area contributed by atoms with Gasteiger partial charge in [-0.2, -0.15) is 18.4 Å². The molecule has 1 atom stereocenters. The van der Waals surface area contributed by atoms with Gasteiger partial charge in [0.1, 0.15) is 11.9 Å². The molecular formula is C21H20F3N5O3. The molecule has 0 bridgehead atoms. The lowest BCUT2D eigenvalue weighted by molar-refractivity contribution is -0.192. The van der Waals surface area contributed by atoms with Crippen LogP contribution in [0.5, 0.6) is 0 Å². The van der Waals surface area contributed by atoms with Crippen molar-refractivity contribution >= 4 is 23.4 Å². The zero-order valence-corrected chi connectivity index (χ0v) is 16.9. The van der Waals surface area contributed by atoms with Crippen LogP contribution >= 0.6 is 0 Å². The van der Waals surface area contributed by atoms with Crippen LogP contribution in [0.3, 0.4) is 0 Å². The van der Waals surface area contributed by atoms with Gasteiger partial charge in [-0.3, -0.25) is 9.78 Å². The monoisotopic (exact) mass is 447 g/mol. The molecule has 0 aliphatic carbocycles. The maximum atomic E-state index is 13.2. The van der Waals surface area contributed by atoms with Crippen LogP contribution in [0.4, 0.5) is 24.7 Å². The number of carbonyl (C=O) groups is 2. The molecule has 0 radical (unpaired) electrons. The number of halogens is 3. The lowest BCUT2D eigenvalue weighted by atomic mass is 9.78. The van der Waals surface area contributed by atoms with Gasteiger partial charge >= 0.3 is 12.1 Å². The largest absolute Gasteiger partial charge is 0.490 e. The van der Waals surface area contributed by atoms with Gasteiger partial charge in [0, 0.05) is 32.0 Å². The number of pyridine rings is 2. The van der Waals surface area contributed by atoms with Crippen LogP contribution in [0, 0.1) is 16.7 Å². The Morgan fingerprint density at radius 1 is 1.19 bits per heavy atom. The molecule has 1 amide bonds. The first-order valence-electron chi connectivity index (χ1n) is 9.79. The summed E-state index contributed by atoms with van der Waals surface area (Å²) in [6, 6.07) is 9.54. The van der Waals surface area contributed by atoms with Crippen LogP contribution in [0.25, 0.3) is 0 Å². The van der Waals surface area contributed by atoms with Crippen molar-refractivity contribution in [2.45, 2.75) is 25.4 Å². The maximum Gasteiger partial charge on any atom is 0.490 e. The number of rotatable bonds is 2. The van der Waals surface area contributed by atoms with Crippen LogP contribution in [-0.2, 0) is 9.59 Å². The van der Waals surface area contributed by atoms with E-state index < -0.39 is 12.1 Å². The number of carboxylic acids is 1. The topological polar surface area (TPSA) is 110 Å². The van der Waals surface area contributed by atoms with Gasteiger partial charge in [-0.1, -0.05) is 0 Å². The van der Waals surface area contributed by atoms with Crippen LogP contribution in [0.2, 0.25) is 0 Å². The van der Waals surface area contributed by atoms with Crippen molar-refractivity contribution in [3.05, 3.63) is 48.4 Å². The quantitative estimate of drug-likeness (QED) is 0.754. The highest BCUT2D eigenvalue weighted by atomic mass is 19.4. The first kappa shape index (κ1) is 23.0. The van der Waals surface area contributed by atoms with Crippen LogP contribution in [0.1, 0.15) is 24.8 Å². The Bertz CT molecular complexity index is 1010. The third-order valence-electron chi connectivity index (χ3n) is 5.49. The smallest absolute Gasteiger partial charge is 0.475 e. The summed E-state index contributed by atoms with van der Waals surface area (Å²) in [5.74, 6) is -1.72. The Morgan fingerprint density at radius 2 is 1.94 bits per heavy atom. The first-order valence-corrected chi connectivity index (χ1v) is 9.79. The standard InChI is InChI=1S/C19H19N5O.C2HF3O2/c20-11-15-4-5-17(22-12-15)23-9-2-6-19(14-23)7-10-24(18(19)25)16-3-1-8-21-13-16;3-2(4,5)1(6)7/h1,3-5,8,12-13H,2,6-7,9-10,14H2;(H,6,7). The lowest BCUT2D eigenvalue weighted by Crippen LogP contribution is -2.48. The number of nitrogens with zero attached hydrogens (tertiary/aromatic N) is 5. The van der Waals surface area contributed by atoms with E-state index in [9.17, 15) is 18.0 Å². The fraction of sp³-hybridized carbons (Fsp3) is 0.381. The van der Waals surface area contributed by atoms with E-state index in [1.165, 1.54) is 0 Å². The van der Waals surface area contributed by atoms with Gasteiger partial charge in [0.25, 0.3) is 0 Å². The van der Waals surface area contributed by atoms with Crippen LogP contribution in [-0.4, -0.2) is 52.8 Å². The molecule has 4 rings (SSSR count). The van der Waals surface area contributed by atoms with Crippen LogP contribution in [0.15, 0.2) is 42.9 Å². The number of nitriles is 1. The van der Waals surface area contributed by atoms with Crippen molar-refractivity contribution in [3.63, 3.8) is 0 Å². The Morgan fingerprint density at radius 3 is 2.50 bits per heavy atom. The minimum absolute atomic E-state index is 0.193. The van der Waals surface area contributed by atoms with E-state index in [0.29, 0.717) is 12.1 Å². The van der Waals surface area contributed by atoms with E-state index >= 15 is 0 Å². The fourth-order valence-corrected chi connectivity index (χ4v) is 3.93. The van der Waals surface area contributed by atoms with E-state index in [4.69, 9.17) is 15.2 Å². The molecule has 4 heterocycles. The Kier molecular flexibility index (Phi) is 6.62. The Labute approximate surface area is 181 Å². The molecule has 2 saturated heterocycles. The van der Waals surface area contributed by atoms with Crippen molar-refractivity contribution in [2.24, 2.45) is 5.41 Å². The number of piperidine rings is 1. The number of hydrogen-bond donors (Lipinski definition) is 1. The fourth-order valence-electron chi connectivity index (χ4n) is 3.93. The molecule has 2 aliphatic heterocycles. The number of aromatic nitrogens is 2. The van der Waals surface area contributed by atoms with Crippen molar-refractivity contribution in [1.82, 2.24) is 9.97 Å². The van der Waals surface area contributed by atoms with E-state index in [2.05, 4.69) is 20.9 Å². The van der Waals surface area contributed by atoms with E-state index in [1.54, 1.807) is 24.7 Å². The number of anilines is 2. The lowest BCUT2D eigenvalue weighted by Gasteiger charge is -2.39. The molecule has 11 heteroatoms. The average Bonchev–Trinajstić information content (AvgIpc) is 3.09. The highest BCUT2D eigenvalue weighted by Crippen LogP contribution is 2.42. The molecule has 1 N–H and O–H groups in total.